The third-order valence-electron chi connectivity index (χ3n) is 4.60. The number of methoxy groups -OCH3 is 1. The van der Waals surface area contributed by atoms with Gasteiger partial charge in [-0.1, -0.05) is 6.07 Å². The SMILES string of the molecule is COc1ccc(C)c(S(=O)(=O)N2CCC[C@H]2C(=O)Nc2ccc(F)cc2)c1. The van der Waals surface area contributed by atoms with Crippen molar-refractivity contribution in [1.29, 1.82) is 0 Å². The highest BCUT2D eigenvalue weighted by Gasteiger charge is 2.40. The molecular formula is C19H21FN2O4S. The highest BCUT2D eigenvalue weighted by Crippen LogP contribution is 2.30. The van der Waals surface area contributed by atoms with Crippen molar-refractivity contribution in [3.8, 4) is 5.75 Å². The number of anilines is 1. The molecule has 1 fully saturated rings. The maximum absolute atomic E-state index is 13.2. The van der Waals surface area contributed by atoms with E-state index in [9.17, 15) is 17.6 Å². The lowest BCUT2D eigenvalue weighted by molar-refractivity contribution is -0.119. The van der Waals surface area contributed by atoms with Gasteiger partial charge < -0.3 is 10.1 Å². The van der Waals surface area contributed by atoms with Crippen LogP contribution in [0.2, 0.25) is 0 Å². The summed E-state index contributed by atoms with van der Waals surface area (Å²) in [4.78, 5) is 12.8. The molecule has 6 nitrogen and oxygen atoms in total. The van der Waals surface area contributed by atoms with E-state index in [1.807, 2.05) is 0 Å². The molecule has 1 saturated heterocycles. The molecule has 1 amide bonds. The molecular weight excluding hydrogens is 371 g/mol. The second kappa shape index (κ2) is 7.66. The van der Waals surface area contributed by atoms with Crippen LogP contribution in [0.1, 0.15) is 18.4 Å². The molecule has 27 heavy (non-hydrogen) atoms. The van der Waals surface area contributed by atoms with Crippen LogP contribution in [-0.2, 0) is 14.8 Å². The maximum atomic E-state index is 13.2. The van der Waals surface area contributed by atoms with Crippen LogP contribution in [-0.4, -0.2) is 38.3 Å². The number of hydrogen-bond donors (Lipinski definition) is 1. The first-order valence-electron chi connectivity index (χ1n) is 8.56. The lowest BCUT2D eigenvalue weighted by Crippen LogP contribution is -2.43. The lowest BCUT2D eigenvalue weighted by Gasteiger charge is -2.24. The summed E-state index contributed by atoms with van der Waals surface area (Å²) in [5.41, 5.74) is 1.00. The second-order valence-electron chi connectivity index (χ2n) is 6.40. The van der Waals surface area contributed by atoms with Crippen LogP contribution in [0.3, 0.4) is 0 Å². The first-order chi connectivity index (χ1) is 12.8. The molecule has 0 saturated carbocycles. The highest BCUT2D eigenvalue weighted by atomic mass is 32.2. The van der Waals surface area contributed by atoms with Gasteiger partial charge in [-0.2, -0.15) is 4.31 Å². The van der Waals surface area contributed by atoms with E-state index in [2.05, 4.69) is 5.32 Å². The molecule has 0 spiro atoms. The molecule has 2 aromatic carbocycles. The molecule has 0 unspecified atom stereocenters. The van der Waals surface area contributed by atoms with E-state index in [1.165, 1.54) is 41.7 Å². The van der Waals surface area contributed by atoms with Gasteiger partial charge in [0.15, 0.2) is 0 Å². The van der Waals surface area contributed by atoms with E-state index in [4.69, 9.17) is 4.74 Å². The number of nitrogens with zero attached hydrogens (tertiary/aromatic N) is 1. The monoisotopic (exact) mass is 392 g/mol. The molecule has 1 aliphatic rings. The van der Waals surface area contributed by atoms with Crippen LogP contribution in [0.4, 0.5) is 10.1 Å². The zero-order chi connectivity index (χ0) is 19.6. The van der Waals surface area contributed by atoms with Gasteiger partial charge in [-0.25, -0.2) is 12.8 Å². The first-order valence-corrected chi connectivity index (χ1v) is 10.00. The Bertz CT molecular complexity index is 945. The molecule has 0 aliphatic carbocycles. The van der Waals surface area contributed by atoms with Gasteiger partial charge >= 0.3 is 0 Å². The number of nitrogens with one attached hydrogen (secondary N) is 1. The van der Waals surface area contributed by atoms with Crippen molar-refractivity contribution in [2.75, 3.05) is 19.0 Å². The van der Waals surface area contributed by atoms with E-state index in [-0.39, 0.29) is 11.4 Å². The number of amides is 1. The minimum atomic E-state index is -3.86. The Morgan fingerprint density at radius 1 is 1.22 bits per heavy atom. The van der Waals surface area contributed by atoms with Crippen molar-refractivity contribution in [1.82, 2.24) is 4.31 Å². The van der Waals surface area contributed by atoms with E-state index in [0.29, 0.717) is 29.8 Å². The number of carbonyl (C=O) groups is 1. The molecule has 0 bridgehead atoms. The largest absolute Gasteiger partial charge is 0.497 e. The minimum Gasteiger partial charge on any atom is -0.497 e. The molecule has 144 valence electrons. The molecule has 0 aromatic heterocycles. The van der Waals surface area contributed by atoms with Gasteiger partial charge in [-0.05, 0) is 55.7 Å². The van der Waals surface area contributed by atoms with Gasteiger partial charge in [0, 0.05) is 18.3 Å². The van der Waals surface area contributed by atoms with Crippen LogP contribution in [0, 0.1) is 12.7 Å². The van der Waals surface area contributed by atoms with Gasteiger partial charge in [0.05, 0.1) is 12.0 Å². The average Bonchev–Trinajstić information content (AvgIpc) is 3.15. The first kappa shape index (κ1) is 19.3. The zero-order valence-corrected chi connectivity index (χ0v) is 15.9. The van der Waals surface area contributed by atoms with Crippen LogP contribution in [0.25, 0.3) is 0 Å². The van der Waals surface area contributed by atoms with Gasteiger partial charge in [-0.3, -0.25) is 4.79 Å². The summed E-state index contributed by atoms with van der Waals surface area (Å²) in [6, 6.07) is 9.37. The Morgan fingerprint density at radius 2 is 1.93 bits per heavy atom. The number of carbonyl (C=O) groups excluding carboxylic acids is 1. The lowest BCUT2D eigenvalue weighted by atomic mass is 10.2. The molecule has 1 heterocycles. The fraction of sp³-hybridized carbons (Fsp3) is 0.316. The predicted molar refractivity (Wildman–Crippen MR) is 99.7 cm³/mol. The fourth-order valence-electron chi connectivity index (χ4n) is 3.16. The normalized spacial score (nSPS) is 17.7. The van der Waals surface area contributed by atoms with E-state index >= 15 is 0 Å². The summed E-state index contributed by atoms with van der Waals surface area (Å²) in [6.45, 7) is 1.97. The molecule has 8 heteroatoms. The topological polar surface area (TPSA) is 75.7 Å². The summed E-state index contributed by atoms with van der Waals surface area (Å²) in [5.74, 6) is -0.402. The Balaban J connectivity index is 1.86. The van der Waals surface area contributed by atoms with E-state index in [0.717, 1.165) is 0 Å². The van der Waals surface area contributed by atoms with Crippen molar-refractivity contribution >= 4 is 21.6 Å². The average molecular weight is 392 g/mol. The van der Waals surface area contributed by atoms with Gasteiger partial charge in [0.2, 0.25) is 15.9 Å². The van der Waals surface area contributed by atoms with Gasteiger partial charge in [0.25, 0.3) is 0 Å². The smallest absolute Gasteiger partial charge is 0.244 e. The number of benzene rings is 2. The quantitative estimate of drug-likeness (QED) is 0.849. The van der Waals surface area contributed by atoms with Crippen molar-refractivity contribution in [3.63, 3.8) is 0 Å². The van der Waals surface area contributed by atoms with Crippen LogP contribution >= 0.6 is 0 Å². The Morgan fingerprint density at radius 3 is 2.59 bits per heavy atom. The van der Waals surface area contributed by atoms with Crippen molar-refractivity contribution in [2.24, 2.45) is 0 Å². The van der Waals surface area contributed by atoms with Crippen LogP contribution in [0.5, 0.6) is 5.75 Å². The molecule has 3 rings (SSSR count). The zero-order valence-electron chi connectivity index (χ0n) is 15.1. The summed E-state index contributed by atoms with van der Waals surface area (Å²) in [7, 11) is -2.39. The number of aryl methyl sites for hydroxylation is 1. The third-order valence-corrected chi connectivity index (χ3v) is 6.65. The van der Waals surface area contributed by atoms with Gasteiger partial charge in [-0.15, -0.1) is 0 Å². The second-order valence-corrected chi connectivity index (χ2v) is 8.26. The molecule has 1 atom stereocenters. The van der Waals surface area contributed by atoms with Crippen molar-refractivity contribution < 1.29 is 22.3 Å². The van der Waals surface area contributed by atoms with E-state index in [1.54, 1.807) is 19.1 Å². The number of ether oxygens (including phenoxy) is 1. The number of hydrogen-bond acceptors (Lipinski definition) is 4. The van der Waals surface area contributed by atoms with Crippen molar-refractivity contribution in [3.05, 3.63) is 53.8 Å². The number of sulfonamides is 1. The molecule has 1 N–H and O–H groups in total. The fourth-order valence-corrected chi connectivity index (χ4v) is 5.06. The molecule has 2 aromatic rings. The minimum absolute atomic E-state index is 0.128. The molecule has 0 radical (unpaired) electrons. The third kappa shape index (κ3) is 3.96. The summed E-state index contributed by atoms with van der Waals surface area (Å²) in [5, 5.41) is 2.67. The van der Waals surface area contributed by atoms with E-state index < -0.39 is 27.8 Å². The summed E-state index contributed by atoms with van der Waals surface area (Å²) >= 11 is 0. The highest BCUT2D eigenvalue weighted by molar-refractivity contribution is 7.89. The Hall–Kier alpha value is -2.45. The predicted octanol–water partition coefficient (Wildman–Crippen LogP) is 2.93. The maximum Gasteiger partial charge on any atom is 0.244 e. The Labute approximate surface area is 158 Å². The summed E-state index contributed by atoms with van der Waals surface area (Å²) in [6.07, 6.45) is 1.01. The van der Waals surface area contributed by atoms with Crippen LogP contribution < -0.4 is 10.1 Å². The standard InChI is InChI=1S/C19H21FN2O4S/c1-13-5-10-16(26-2)12-18(13)27(24,25)22-11-3-4-17(22)19(23)21-15-8-6-14(20)7-9-15/h5-10,12,17H,3-4,11H2,1-2H3,(H,21,23)/t17-/m0/s1. The van der Waals surface area contributed by atoms with Crippen LogP contribution in [0.15, 0.2) is 47.4 Å². The Kier molecular flexibility index (Phi) is 5.48. The van der Waals surface area contributed by atoms with Gasteiger partial charge in [0.1, 0.15) is 17.6 Å². The van der Waals surface area contributed by atoms with Crippen molar-refractivity contribution in [2.45, 2.75) is 30.7 Å². The number of halogens is 1. The number of rotatable bonds is 5. The summed E-state index contributed by atoms with van der Waals surface area (Å²) < 4.78 is 45.7. The molecule has 1 aliphatic heterocycles.